The van der Waals surface area contributed by atoms with Crippen molar-refractivity contribution in [1.29, 1.82) is 0 Å². The maximum atomic E-state index is 12.9. The molecule has 1 aromatic carbocycles. The van der Waals surface area contributed by atoms with Gasteiger partial charge >= 0.3 is 12.1 Å². The molecule has 0 saturated heterocycles. The number of halogens is 4. The number of carbonyl (C=O) groups excluding carboxylic acids is 2. The minimum absolute atomic E-state index is 0.0899. The lowest BCUT2D eigenvalue weighted by atomic mass is 10.1. The molecular formula is C21H13ClF3N3O4S. The Labute approximate surface area is 193 Å². The molecule has 3 aromatic heterocycles. The van der Waals surface area contributed by atoms with E-state index >= 15 is 0 Å². The fourth-order valence-corrected chi connectivity index (χ4v) is 3.85. The Morgan fingerprint density at radius 1 is 1.24 bits per heavy atom. The lowest BCUT2D eigenvalue weighted by molar-refractivity contribution is -0.137. The van der Waals surface area contributed by atoms with Crippen molar-refractivity contribution in [3.05, 3.63) is 63.6 Å². The van der Waals surface area contributed by atoms with Gasteiger partial charge in [0.1, 0.15) is 0 Å². The van der Waals surface area contributed by atoms with Gasteiger partial charge in [-0.2, -0.15) is 13.2 Å². The van der Waals surface area contributed by atoms with Crippen LogP contribution in [0.3, 0.4) is 0 Å². The zero-order valence-corrected chi connectivity index (χ0v) is 18.3. The number of fused-ring (bicyclic) bond motifs is 1. The van der Waals surface area contributed by atoms with Crippen LogP contribution in [0.5, 0.6) is 0 Å². The van der Waals surface area contributed by atoms with Gasteiger partial charge in [0.05, 0.1) is 43.5 Å². The number of thiophene rings is 1. The summed E-state index contributed by atoms with van der Waals surface area (Å²) in [6.45, 7) is 0.866. The zero-order valence-electron chi connectivity index (χ0n) is 16.7. The molecule has 33 heavy (non-hydrogen) atoms. The molecule has 170 valence electrons. The number of aryl methyl sites for hydroxylation is 1. The molecule has 1 amide bonds. The van der Waals surface area contributed by atoms with Gasteiger partial charge in [-0.15, -0.1) is 11.3 Å². The molecule has 0 unspecified atom stereocenters. The Morgan fingerprint density at radius 2 is 2.03 bits per heavy atom. The summed E-state index contributed by atoms with van der Waals surface area (Å²) in [7, 11) is 0. The molecule has 12 heteroatoms. The molecule has 4 rings (SSSR count). The third-order valence-corrected chi connectivity index (χ3v) is 5.73. The van der Waals surface area contributed by atoms with Crippen LogP contribution in [-0.2, 0) is 15.7 Å². The van der Waals surface area contributed by atoms with Gasteiger partial charge in [-0.3, -0.25) is 4.79 Å². The van der Waals surface area contributed by atoms with E-state index in [-0.39, 0.29) is 22.0 Å². The fraction of sp³-hybridized carbons (Fsp3) is 0.143. The smallest absolute Gasteiger partial charge is 0.416 e. The van der Waals surface area contributed by atoms with Crippen LogP contribution in [0.15, 0.2) is 46.3 Å². The van der Waals surface area contributed by atoms with E-state index in [1.165, 1.54) is 17.4 Å². The van der Waals surface area contributed by atoms with Crippen molar-refractivity contribution < 1.29 is 32.0 Å². The number of carbonyl (C=O) groups is 2. The minimum Gasteiger partial charge on any atom is -0.452 e. The number of nitrogens with one attached hydrogen (secondary N) is 1. The van der Waals surface area contributed by atoms with E-state index in [9.17, 15) is 22.8 Å². The average molecular weight is 496 g/mol. The van der Waals surface area contributed by atoms with E-state index in [1.54, 1.807) is 6.92 Å². The summed E-state index contributed by atoms with van der Waals surface area (Å²) in [5, 5.41) is 8.12. The van der Waals surface area contributed by atoms with Crippen molar-refractivity contribution in [2.45, 2.75) is 13.1 Å². The molecule has 3 heterocycles. The lowest BCUT2D eigenvalue weighted by Gasteiger charge is -2.12. The van der Waals surface area contributed by atoms with E-state index in [0.29, 0.717) is 22.8 Å². The average Bonchev–Trinajstić information content (AvgIpc) is 3.42. The predicted molar refractivity (Wildman–Crippen MR) is 115 cm³/mol. The molecule has 0 spiro atoms. The number of esters is 1. The minimum atomic E-state index is -4.61. The summed E-state index contributed by atoms with van der Waals surface area (Å²) in [5.41, 5.74) is -0.156. The largest absolute Gasteiger partial charge is 0.452 e. The van der Waals surface area contributed by atoms with Crippen LogP contribution < -0.4 is 5.32 Å². The molecule has 0 aliphatic heterocycles. The van der Waals surface area contributed by atoms with Crippen LogP contribution in [0.1, 0.15) is 21.6 Å². The van der Waals surface area contributed by atoms with E-state index < -0.39 is 30.2 Å². The molecule has 0 radical (unpaired) electrons. The standard InChI is InChI=1S/C21H13ClF3N3O4S/c1-10-18-12(8-15(16-3-2-6-33-16)27-19(18)32-28-10)20(30)31-9-17(29)26-14-7-11(21(23,24)25)4-5-13(14)22/h2-8H,9H2,1H3,(H,26,29). The third-order valence-electron chi connectivity index (χ3n) is 4.51. The Kier molecular flexibility index (Phi) is 6.09. The molecule has 0 saturated carbocycles. The van der Waals surface area contributed by atoms with Crippen molar-refractivity contribution >= 4 is 51.6 Å². The number of hydrogen-bond donors (Lipinski definition) is 1. The van der Waals surface area contributed by atoms with Gasteiger partial charge in [0.15, 0.2) is 6.61 Å². The van der Waals surface area contributed by atoms with Gasteiger partial charge in [-0.25, -0.2) is 9.78 Å². The zero-order chi connectivity index (χ0) is 23.8. The van der Waals surface area contributed by atoms with Crippen LogP contribution in [0.2, 0.25) is 5.02 Å². The number of alkyl halides is 3. The van der Waals surface area contributed by atoms with Gasteiger partial charge in [-0.1, -0.05) is 22.8 Å². The number of pyridine rings is 1. The van der Waals surface area contributed by atoms with Crippen LogP contribution in [0.4, 0.5) is 18.9 Å². The van der Waals surface area contributed by atoms with E-state index in [2.05, 4.69) is 15.5 Å². The molecule has 0 bridgehead atoms. The number of ether oxygens (including phenoxy) is 1. The molecule has 4 aromatic rings. The van der Waals surface area contributed by atoms with Crippen molar-refractivity contribution in [2.75, 3.05) is 11.9 Å². The van der Waals surface area contributed by atoms with Gasteiger partial charge in [0, 0.05) is 0 Å². The second kappa shape index (κ2) is 8.83. The van der Waals surface area contributed by atoms with Gasteiger partial charge < -0.3 is 14.6 Å². The second-order valence-electron chi connectivity index (χ2n) is 6.80. The fourth-order valence-electron chi connectivity index (χ4n) is 3.00. The summed E-state index contributed by atoms with van der Waals surface area (Å²) >= 11 is 7.27. The van der Waals surface area contributed by atoms with Gasteiger partial charge in [-0.05, 0) is 42.6 Å². The monoisotopic (exact) mass is 495 g/mol. The molecule has 1 N–H and O–H groups in total. The first-order valence-corrected chi connectivity index (χ1v) is 10.5. The number of anilines is 1. The first-order valence-electron chi connectivity index (χ1n) is 9.28. The molecule has 0 fully saturated rings. The van der Waals surface area contributed by atoms with E-state index in [4.69, 9.17) is 20.9 Å². The first kappa shape index (κ1) is 22.7. The number of aromatic nitrogens is 2. The summed E-state index contributed by atoms with van der Waals surface area (Å²) in [5.74, 6) is -1.72. The summed E-state index contributed by atoms with van der Waals surface area (Å²) in [4.78, 5) is 30.1. The quantitative estimate of drug-likeness (QED) is 0.355. The number of amides is 1. The van der Waals surface area contributed by atoms with Crippen molar-refractivity contribution in [3.63, 3.8) is 0 Å². The second-order valence-corrected chi connectivity index (χ2v) is 8.15. The van der Waals surface area contributed by atoms with Crippen molar-refractivity contribution in [2.24, 2.45) is 0 Å². The van der Waals surface area contributed by atoms with Crippen LogP contribution >= 0.6 is 22.9 Å². The molecular weight excluding hydrogens is 483 g/mol. The maximum absolute atomic E-state index is 12.9. The van der Waals surface area contributed by atoms with Crippen molar-refractivity contribution in [1.82, 2.24) is 10.1 Å². The summed E-state index contributed by atoms with van der Waals surface area (Å²) in [6, 6.07) is 7.63. The molecule has 0 aliphatic carbocycles. The SMILES string of the molecule is Cc1noc2nc(-c3cccs3)cc(C(=O)OCC(=O)Nc3cc(C(F)(F)F)ccc3Cl)c12. The highest BCUT2D eigenvalue weighted by Gasteiger charge is 2.31. The first-order chi connectivity index (χ1) is 15.6. The molecule has 7 nitrogen and oxygen atoms in total. The number of benzene rings is 1. The Balaban J connectivity index is 1.53. The van der Waals surface area contributed by atoms with Gasteiger partial charge in [0.2, 0.25) is 0 Å². The highest BCUT2D eigenvalue weighted by Crippen LogP contribution is 2.34. The highest BCUT2D eigenvalue weighted by atomic mass is 35.5. The topological polar surface area (TPSA) is 94.3 Å². The van der Waals surface area contributed by atoms with Crippen LogP contribution in [0, 0.1) is 6.92 Å². The number of nitrogens with zero attached hydrogens (tertiary/aromatic N) is 2. The van der Waals surface area contributed by atoms with Gasteiger partial charge in [0.25, 0.3) is 11.6 Å². The lowest BCUT2D eigenvalue weighted by Crippen LogP contribution is -2.21. The summed E-state index contributed by atoms with van der Waals surface area (Å²) in [6.07, 6.45) is -4.61. The van der Waals surface area contributed by atoms with Crippen LogP contribution in [-0.4, -0.2) is 28.6 Å². The predicted octanol–water partition coefficient (Wildman–Crippen LogP) is 5.73. The van der Waals surface area contributed by atoms with E-state index in [1.807, 2.05) is 17.5 Å². The number of hydrogen-bond acceptors (Lipinski definition) is 7. The molecule has 0 atom stereocenters. The normalized spacial score (nSPS) is 11.5. The molecule has 0 aliphatic rings. The Morgan fingerprint density at radius 3 is 2.73 bits per heavy atom. The third kappa shape index (κ3) is 4.83. The van der Waals surface area contributed by atoms with E-state index in [0.717, 1.165) is 17.0 Å². The highest BCUT2D eigenvalue weighted by molar-refractivity contribution is 7.13. The van der Waals surface area contributed by atoms with Crippen LogP contribution in [0.25, 0.3) is 21.7 Å². The number of rotatable bonds is 5. The van der Waals surface area contributed by atoms with Crippen molar-refractivity contribution in [3.8, 4) is 10.6 Å². The Bertz CT molecular complexity index is 1350. The Hall–Kier alpha value is -3.44. The maximum Gasteiger partial charge on any atom is 0.416 e. The summed E-state index contributed by atoms with van der Waals surface area (Å²) < 4.78 is 49.0.